The standard InChI is InChI=1S/C16H19ClFNO/c1-15(2)5-7-16(10-19,8-6-15)14(20)11-3-4-13(18)12(17)9-11/h3-4,9,14,20H,5-8H2,1-2H3. The largest absolute Gasteiger partial charge is 0.387 e. The van der Waals surface area contributed by atoms with E-state index in [4.69, 9.17) is 11.6 Å². The second-order valence-corrected chi connectivity index (χ2v) is 6.92. The van der Waals surface area contributed by atoms with Gasteiger partial charge in [0.25, 0.3) is 0 Å². The number of aliphatic hydroxyl groups excluding tert-OH is 1. The van der Waals surface area contributed by atoms with Crippen LogP contribution in [0.5, 0.6) is 0 Å². The van der Waals surface area contributed by atoms with Crippen molar-refractivity contribution in [3.05, 3.63) is 34.6 Å². The topological polar surface area (TPSA) is 44.0 Å². The number of aliphatic hydroxyl groups is 1. The fourth-order valence-electron chi connectivity index (χ4n) is 2.82. The summed E-state index contributed by atoms with van der Waals surface area (Å²) >= 11 is 5.76. The Bertz CT molecular complexity index is 540. The predicted octanol–water partition coefficient (Wildman–Crippen LogP) is 4.62. The van der Waals surface area contributed by atoms with Gasteiger partial charge in [-0.2, -0.15) is 5.26 Å². The van der Waals surface area contributed by atoms with E-state index in [9.17, 15) is 14.8 Å². The molecule has 1 aliphatic rings. The maximum absolute atomic E-state index is 13.2. The van der Waals surface area contributed by atoms with Gasteiger partial charge in [-0.15, -0.1) is 0 Å². The van der Waals surface area contributed by atoms with E-state index in [-0.39, 0.29) is 10.4 Å². The summed E-state index contributed by atoms with van der Waals surface area (Å²) < 4.78 is 13.2. The molecular formula is C16H19ClFNO. The molecule has 1 aromatic rings. The van der Waals surface area contributed by atoms with Crippen LogP contribution < -0.4 is 0 Å². The van der Waals surface area contributed by atoms with Gasteiger partial charge < -0.3 is 5.11 Å². The zero-order valence-corrected chi connectivity index (χ0v) is 12.5. The van der Waals surface area contributed by atoms with Crippen molar-refractivity contribution in [2.24, 2.45) is 10.8 Å². The van der Waals surface area contributed by atoms with E-state index in [0.29, 0.717) is 18.4 Å². The summed E-state index contributed by atoms with van der Waals surface area (Å²) in [5.41, 5.74) is -0.0744. The summed E-state index contributed by atoms with van der Waals surface area (Å²) in [6.07, 6.45) is 2.15. The molecule has 0 spiro atoms. The van der Waals surface area contributed by atoms with Crippen LogP contribution in [0.1, 0.15) is 51.2 Å². The van der Waals surface area contributed by atoms with E-state index >= 15 is 0 Å². The summed E-state index contributed by atoms with van der Waals surface area (Å²) in [6.45, 7) is 4.35. The van der Waals surface area contributed by atoms with Gasteiger partial charge in [-0.25, -0.2) is 4.39 Å². The quantitative estimate of drug-likeness (QED) is 0.865. The van der Waals surface area contributed by atoms with Crippen molar-refractivity contribution in [3.8, 4) is 6.07 Å². The minimum Gasteiger partial charge on any atom is -0.387 e. The van der Waals surface area contributed by atoms with Crippen molar-refractivity contribution in [1.29, 1.82) is 5.26 Å². The first-order valence-electron chi connectivity index (χ1n) is 6.84. The first-order chi connectivity index (χ1) is 9.30. The van der Waals surface area contributed by atoms with E-state index in [1.165, 1.54) is 18.2 Å². The van der Waals surface area contributed by atoms with Crippen molar-refractivity contribution in [3.63, 3.8) is 0 Å². The maximum Gasteiger partial charge on any atom is 0.141 e. The zero-order valence-electron chi connectivity index (χ0n) is 11.8. The van der Waals surface area contributed by atoms with Crippen LogP contribution in [0.2, 0.25) is 5.02 Å². The van der Waals surface area contributed by atoms with Crippen LogP contribution in [-0.4, -0.2) is 5.11 Å². The Labute approximate surface area is 124 Å². The number of nitrogens with zero attached hydrogens (tertiary/aromatic N) is 1. The highest BCUT2D eigenvalue weighted by molar-refractivity contribution is 6.30. The molecular weight excluding hydrogens is 277 g/mol. The lowest BCUT2D eigenvalue weighted by Crippen LogP contribution is -2.35. The molecule has 0 radical (unpaired) electrons. The maximum atomic E-state index is 13.2. The Morgan fingerprint density at radius 1 is 1.30 bits per heavy atom. The van der Waals surface area contributed by atoms with Crippen LogP contribution in [0.4, 0.5) is 4.39 Å². The van der Waals surface area contributed by atoms with Crippen LogP contribution in [0.15, 0.2) is 18.2 Å². The summed E-state index contributed by atoms with van der Waals surface area (Å²) in [4.78, 5) is 0. The van der Waals surface area contributed by atoms with Gasteiger partial charge in [-0.1, -0.05) is 31.5 Å². The highest BCUT2D eigenvalue weighted by atomic mass is 35.5. The van der Waals surface area contributed by atoms with Crippen molar-refractivity contribution >= 4 is 11.6 Å². The second-order valence-electron chi connectivity index (χ2n) is 6.51. The summed E-state index contributed by atoms with van der Waals surface area (Å²) in [6, 6.07) is 6.46. The normalized spacial score (nSPS) is 22.0. The number of halogens is 2. The monoisotopic (exact) mass is 295 g/mol. The first-order valence-corrected chi connectivity index (χ1v) is 7.22. The molecule has 2 rings (SSSR count). The van der Waals surface area contributed by atoms with Crippen molar-refractivity contribution in [2.75, 3.05) is 0 Å². The van der Waals surface area contributed by atoms with Crippen LogP contribution in [0.3, 0.4) is 0 Å². The summed E-state index contributed by atoms with van der Waals surface area (Å²) in [5, 5.41) is 20.1. The Morgan fingerprint density at radius 3 is 2.40 bits per heavy atom. The van der Waals surface area contributed by atoms with Crippen molar-refractivity contribution in [1.82, 2.24) is 0 Å². The third-order valence-corrected chi connectivity index (χ3v) is 4.79. The van der Waals surface area contributed by atoms with Gasteiger partial charge in [0.2, 0.25) is 0 Å². The van der Waals surface area contributed by atoms with E-state index in [2.05, 4.69) is 19.9 Å². The molecule has 1 N–H and O–H groups in total. The van der Waals surface area contributed by atoms with Crippen LogP contribution in [-0.2, 0) is 0 Å². The lowest BCUT2D eigenvalue weighted by Gasteiger charge is -2.42. The SMILES string of the molecule is CC1(C)CCC(C#N)(C(O)c2ccc(F)c(Cl)c2)CC1. The molecule has 4 heteroatoms. The van der Waals surface area contributed by atoms with Crippen molar-refractivity contribution < 1.29 is 9.50 Å². The summed E-state index contributed by atoms with van der Waals surface area (Å²) in [5.74, 6) is -0.515. The third-order valence-electron chi connectivity index (χ3n) is 4.50. The molecule has 0 saturated heterocycles. The first kappa shape index (κ1) is 15.3. The van der Waals surface area contributed by atoms with Gasteiger partial charge in [0.1, 0.15) is 5.82 Å². The molecule has 20 heavy (non-hydrogen) atoms. The van der Waals surface area contributed by atoms with E-state index in [1.54, 1.807) is 0 Å². The minimum atomic E-state index is -0.929. The molecule has 1 fully saturated rings. The molecule has 1 saturated carbocycles. The van der Waals surface area contributed by atoms with Crippen LogP contribution >= 0.6 is 11.6 Å². The Balaban J connectivity index is 2.28. The predicted molar refractivity (Wildman–Crippen MR) is 76.7 cm³/mol. The number of rotatable bonds is 2. The number of benzene rings is 1. The second kappa shape index (κ2) is 5.35. The van der Waals surface area contributed by atoms with Gasteiger partial charge in [0.05, 0.1) is 22.6 Å². The van der Waals surface area contributed by atoms with Crippen molar-refractivity contribution in [2.45, 2.75) is 45.6 Å². The van der Waals surface area contributed by atoms with Gasteiger partial charge in [-0.05, 0) is 48.8 Å². The Kier molecular flexibility index (Phi) is 4.09. The molecule has 1 aromatic carbocycles. The fourth-order valence-corrected chi connectivity index (χ4v) is 3.01. The van der Waals surface area contributed by atoms with Gasteiger partial charge in [0, 0.05) is 0 Å². The molecule has 0 aromatic heterocycles. The van der Waals surface area contributed by atoms with Crippen LogP contribution in [0, 0.1) is 28.0 Å². The molecule has 0 bridgehead atoms. The summed E-state index contributed by atoms with van der Waals surface area (Å²) in [7, 11) is 0. The lowest BCUT2D eigenvalue weighted by molar-refractivity contribution is 0.00953. The molecule has 1 aliphatic carbocycles. The van der Waals surface area contributed by atoms with Gasteiger partial charge in [0.15, 0.2) is 0 Å². The molecule has 2 nitrogen and oxygen atoms in total. The van der Waals surface area contributed by atoms with E-state index < -0.39 is 17.3 Å². The van der Waals surface area contributed by atoms with E-state index in [0.717, 1.165) is 12.8 Å². The lowest BCUT2D eigenvalue weighted by atomic mass is 9.62. The van der Waals surface area contributed by atoms with Crippen LogP contribution in [0.25, 0.3) is 0 Å². The number of hydrogen-bond donors (Lipinski definition) is 1. The zero-order chi connectivity index (χ0) is 15.0. The molecule has 1 atom stereocenters. The van der Waals surface area contributed by atoms with E-state index in [1.807, 2.05) is 0 Å². The molecule has 0 heterocycles. The van der Waals surface area contributed by atoms with Gasteiger partial charge >= 0.3 is 0 Å². The molecule has 0 amide bonds. The highest BCUT2D eigenvalue weighted by Crippen LogP contribution is 2.51. The Hall–Kier alpha value is -1.11. The highest BCUT2D eigenvalue weighted by Gasteiger charge is 2.44. The average molecular weight is 296 g/mol. The number of hydrogen-bond acceptors (Lipinski definition) is 2. The smallest absolute Gasteiger partial charge is 0.141 e. The Morgan fingerprint density at radius 2 is 1.90 bits per heavy atom. The number of nitriles is 1. The third kappa shape index (κ3) is 2.82. The van der Waals surface area contributed by atoms with Gasteiger partial charge in [-0.3, -0.25) is 0 Å². The molecule has 1 unspecified atom stereocenters. The fraction of sp³-hybridized carbons (Fsp3) is 0.562. The molecule has 108 valence electrons. The minimum absolute atomic E-state index is 0.0224. The average Bonchev–Trinajstić information content (AvgIpc) is 2.42. The molecule has 0 aliphatic heterocycles.